The zero-order chi connectivity index (χ0) is 15.4. The number of hydrogen-bond donors (Lipinski definition) is 3. The Morgan fingerprint density at radius 2 is 2.50 bits per heavy atom. The van der Waals surface area contributed by atoms with Crippen LogP contribution >= 0.6 is 0 Å². The van der Waals surface area contributed by atoms with E-state index in [1.165, 1.54) is 0 Å². The lowest BCUT2D eigenvalue weighted by Crippen LogP contribution is -2.69. The fraction of sp³-hybridized carbons (Fsp3) is 0.875. The molecule has 4 heteroatoms. The minimum absolute atomic E-state index is 0.628. The van der Waals surface area contributed by atoms with E-state index < -0.39 is 49.5 Å². The van der Waals surface area contributed by atoms with E-state index in [0.29, 0.717) is 0 Å². The van der Waals surface area contributed by atoms with Crippen molar-refractivity contribution < 1.29 is 25.2 Å². The van der Waals surface area contributed by atoms with Gasteiger partial charge in [-0.3, -0.25) is 4.79 Å². The fourth-order valence-corrected chi connectivity index (χ4v) is 0.859. The van der Waals surface area contributed by atoms with Crippen LogP contribution in [0.3, 0.4) is 0 Å². The zero-order valence-electron chi connectivity index (χ0n) is 13.5. The summed E-state index contributed by atoms with van der Waals surface area (Å²) in [4.78, 5) is 10.8. The Morgan fingerprint density at radius 3 is 3.00 bits per heavy atom. The Hall–Kier alpha value is -0.610. The number of aliphatic hydroxyl groups excluding tert-OH is 1. The normalized spacial score (nSPS) is 46.7. The molecule has 12 heavy (non-hydrogen) atoms. The average molecular weight is 180 g/mol. The van der Waals surface area contributed by atoms with E-state index in [4.69, 9.17) is 15.3 Å². The van der Waals surface area contributed by atoms with Crippen molar-refractivity contribution in [1.82, 2.24) is 0 Å². The number of aliphatic hydroxyl groups is 1. The molecule has 0 heterocycles. The molecule has 1 rings (SSSR count). The first-order valence-corrected chi connectivity index (χ1v) is 3.54. The Kier molecular flexibility index (Phi) is 1.17. The van der Waals surface area contributed by atoms with Crippen LogP contribution in [0.15, 0.2) is 0 Å². The molecule has 0 radical (unpaired) electrons. The minimum Gasteiger partial charge on any atom is -0.378 e. The summed E-state index contributed by atoms with van der Waals surface area (Å²) >= 11 is 0. The van der Waals surface area contributed by atoms with Gasteiger partial charge in [-0.25, -0.2) is 0 Å². The summed E-state index contributed by atoms with van der Waals surface area (Å²) in [6.45, 7) is 0. The van der Waals surface area contributed by atoms with E-state index in [1.54, 1.807) is 0 Å². The molecule has 0 aliphatic heterocycles. The Balaban J connectivity index is 3.03. The van der Waals surface area contributed by atoms with Gasteiger partial charge in [-0.2, -0.15) is 0 Å². The van der Waals surface area contributed by atoms with Crippen LogP contribution in [0.4, 0.5) is 0 Å². The van der Waals surface area contributed by atoms with Crippen LogP contribution in [0.5, 0.6) is 0 Å². The summed E-state index contributed by atoms with van der Waals surface area (Å²) < 4.78 is 52.9. The second-order valence-corrected chi connectivity index (χ2v) is 2.66. The van der Waals surface area contributed by atoms with Gasteiger partial charge in [0.2, 0.25) is 0 Å². The van der Waals surface area contributed by atoms with Crippen molar-refractivity contribution in [2.75, 3.05) is 0 Å². The largest absolute Gasteiger partial charge is 0.378 e. The summed E-state index contributed by atoms with van der Waals surface area (Å²) in [6.07, 6.45) is -10.7. The molecule has 0 bridgehead atoms. The number of nitrogens with two attached hydrogens (primary N) is 1. The highest BCUT2D eigenvalue weighted by molar-refractivity contribution is 5.79. The van der Waals surface area contributed by atoms with E-state index in [2.05, 4.69) is 5.73 Å². The summed E-state index contributed by atoms with van der Waals surface area (Å²) in [5.74, 6) is -3.56. The average Bonchev–Trinajstić information content (AvgIpc) is 2.25. The second-order valence-electron chi connectivity index (χ2n) is 2.66. The lowest BCUT2D eigenvalue weighted by molar-refractivity contribution is -0.437. The lowest BCUT2D eigenvalue weighted by atomic mass is 9.80. The van der Waals surface area contributed by atoms with Crippen LogP contribution in [-0.4, -0.2) is 23.2 Å². The number of primary amides is 1. The third kappa shape index (κ3) is 2.19. The summed E-state index contributed by atoms with van der Waals surface area (Å²) in [5, 5.41) is 9.39. The maximum absolute atomic E-state index is 10.8. The van der Waals surface area contributed by atoms with E-state index in [-0.39, 0.29) is 0 Å². The number of amides is 1. The van der Waals surface area contributed by atoms with Crippen molar-refractivity contribution in [1.29, 1.82) is 0 Å². The second kappa shape index (κ2) is 3.87. The number of carbonyl (C=O) groups is 1. The third-order valence-electron chi connectivity index (χ3n) is 1.63. The van der Waals surface area contributed by atoms with Gasteiger partial charge in [-0.05, 0) is 5.89 Å². The van der Waals surface area contributed by atoms with E-state index in [1.807, 2.05) is 0 Å². The van der Waals surface area contributed by atoms with E-state index in [0.717, 1.165) is 0 Å². The number of rotatable bonds is 4. The van der Waals surface area contributed by atoms with Gasteiger partial charge in [0.05, 0.1) is 0 Å². The summed E-state index contributed by atoms with van der Waals surface area (Å²) in [6, 6.07) is -1.20. The quantitative estimate of drug-likeness (QED) is 0.498. The van der Waals surface area contributed by atoms with Crippen LogP contribution in [0.1, 0.15) is 35.1 Å². The molecule has 0 aromatic carbocycles. The molecule has 0 aromatic rings. The molecule has 0 aromatic heterocycles. The number of carbonyl (C=O) groups excluding carboxylic acids is 1. The van der Waals surface area contributed by atoms with Crippen LogP contribution < -0.4 is 11.5 Å². The highest BCUT2D eigenvalue weighted by Crippen LogP contribution is 2.30. The van der Waals surface area contributed by atoms with Gasteiger partial charge in [-0.15, -0.1) is 0 Å². The van der Waals surface area contributed by atoms with Gasteiger partial charge in [0.1, 0.15) is 6.04 Å². The standard InChI is InChI=1S/C8H16N2O2/c9-6(7(11)8(10)12)4-5-2-1-3-5/h5-7,11H,1-4,9H2,(H2,10,12)/p+1/i1D2,2D2,3D2,5D. The van der Waals surface area contributed by atoms with Gasteiger partial charge in [-0.1, -0.05) is 19.1 Å². The van der Waals surface area contributed by atoms with Crippen LogP contribution in [0, 0.1) is 5.89 Å². The predicted molar refractivity (Wildman–Crippen MR) is 43.8 cm³/mol. The van der Waals surface area contributed by atoms with Gasteiger partial charge in [0.25, 0.3) is 5.91 Å². The topological polar surface area (TPSA) is 91.0 Å². The molecular formula is C8H17N2O2+. The first-order chi connectivity index (χ1) is 8.24. The molecule has 1 saturated carbocycles. The molecule has 4 nitrogen and oxygen atoms in total. The molecule has 0 spiro atoms. The first-order valence-electron chi connectivity index (χ1n) is 7.04. The zero-order valence-corrected chi connectivity index (χ0v) is 6.50. The van der Waals surface area contributed by atoms with Gasteiger partial charge in [0, 0.05) is 16.0 Å². The monoisotopic (exact) mass is 180 g/mol. The molecule has 1 fully saturated rings. The highest BCUT2D eigenvalue weighted by Gasteiger charge is 2.29. The van der Waals surface area contributed by atoms with Crippen molar-refractivity contribution in [3.8, 4) is 0 Å². The summed E-state index contributed by atoms with van der Waals surface area (Å²) in [5.41, 5.74) is 8.23. The van der Waals surface area contributed by atoms with Crippen LogP contribution in [0.25, 0.3) is 0 Å². The smallest absolute Gasteiger partial charge is 0.252 e. The van der Waals surface area contributed by atoms with Crippen LogP contribution in [-0.2, 0) is 4.79 Å². The Bertz CT molecular complexity index is 383. The van der Waals surface area contributed by atoms with Crippen molar-refractivity contribution >= 4 is 5.91 Å². The lowest BCUT2D eigenvalue weighted by Gasteiger charge is -2.27. The van der Waals surface area contributed by atoms with E-state index >= 15 is 0 Å². The van der Waals surface area contributed by atoms with Crippen molar-refractivity contribution in [3.05, 3.63) is 0 Å². The van der Waals surface area contributed by atoms with Gasteiger partial charge in [0.15, 0.2) is 6.10 Å². The molecule has 70 valence electrons. The molecule has 1 aliphatic rings. The molecular weight excluding hydrogens is 156 g/mol. The van der Waals surface area contributed by atoms with Gasteiger partial charge < -0.3 is 16.6 Å². The van der Waals surface area contributed by atoms with Crippen molar-refractivity contribution in [3.63, 3.8) is 0 Å². The highest BCUT2D eigenvalue weighted by atomic mass is 16.3. The molecule has 2 unspecified atom stereocenters. The molecule has 2 atom stereocenters. The van der Waals surface area contributed by atoms with E-state index in [9.17, 15) is 9.90 Å². The molecule has 1 amide bonds. The molecule has 6 N–H and O–H groups in total. The predicted octanol–water partition coefficient (Wildman–Crippen LogP) is -1.37. The first kappa shape index (κ1) is 3.64. The Morgan fingerprint density at radius 1 is 1.92 bits per heavy atom. The Labute approximate surface area is 81.8 Å². The van der Waals surface area contributed by atoms with Crippen molar-refractivity contribution in [2.45, 2.75) is 37.7 Å². The molecule has 1 aliphatic carbocycles. The summed E-state index contributed by atoms with van der Waals surface area (Å²) in [7, 11) is 0. The SMILES string of the molecule is [2H]C1([2H])C([2H])([2H])C([2H])(CC([NH3+])C(O)C(N)=O)C1([2H])[2H]. The third-order valence-corrected chi connectivity index (χ3v) is 1.63. The number of hydrogen-bond acceptors (Lipinski definition) is 2. The fourth-order valence-electron chi connectivity index (χ4n) is 0.859. The number of quaternary nitrogens is 1. The minimum atomic E-state index is -2.83. The van der Waals surface area contributed by atoms with Crippen molar-refractivity contribution in [2.24, 2.45) is 11.6 Å². The van der Waals surface area contributed by atoms with Gasteiger partial charge >= 0.3 is 0 Å². The maximum Gasteiger partial charge on any atom is 0.252 e. The van der Waals surface area contributed by atoms with Crippen LogP contribution in [0.2, 0.25) is 0 Å². The molecule has 0 saturated heterocycles. The maximum atomic E-state index is 10.8.